The van der Waals surface area contributed by atoms with Crippen molar-refractivity contribution in [3.05, 3.63) is 48.0 Å². The fraction of sp³-hybridized carbons (Fsp3) is 0.278. The van der Waals surface area contributed by atoms with Crippen molar-refractivity contribution in [1.29, 1.82) is 0 Å². The van der Waals surface area contributed by atoms with Crippen LogP contribution in [0.3, 0.4) is 0 Å². The first kappa shape index (κ1) is 19.6. The van der Waals surface area contributed by atoms with E-state index in [1.807, 2.05) is 13.8 Å². The molecule has 8 heteroatoms. The minimum atomic E-state index is -3.41. The Morgan fingerprint density at radius 2 is 1.65 bits per heavy atom. The molecule has 2 aromatic rings. The number of carbonyl (C=O) groups excluding carboxylic acids is 1. The summed E-state index contributed by atoms with van der Waals surface area (Å²) in [5, 5.41) is 2.76. The molecule has 0 aromatic heterocycles. The highest BCUT2D eigenvalue weighted by Gasteiger charge is 2.11. The average molecular weight is 378 g/mol. The fourth-order valence-electron chi connectivity index (χ4n) is 2.27. The van der Waals surface area contributed by atoms with Gasteiger partial charge >= 0.3 is 0 Å². The molecule has 0 atom stereocenters. The van der Waals surface area contributed by atoms with Gasteiger partial charge in [0.1, 0.15) is 0 Å². The smallest absolute Gasteiger partial charge is 0.255 e. The number of anilines is 2. The summed E-state index contributed by atoms with van der Waals surface area (Å²) in [5.41, 5.74) is 1.19. The number of benzene rings is 2. The predicted octanol–water partition coefficient (Wildman–Crippen LogP) is 3.11. The molecule has 0 fully saturated rings. The Morgan fingerprint density at radius 3 is 2.31 bits per heavy atom. The van der Waals surface area contributed by atoms with Gasteiger partial charge in [-0.1, -0.05) is 6.07 Å². The van der Waals surface area contributed by atoms with Crippen LogP contribution in [0.5, 0.6) is 11.5 Å². The van der Waals surface area contributed by atoms with Crippen molar-refractivity contribution < 1.29 is 22.7 Å². The van der Waals surface area contributed by atoms with E-state index in [0.717, 1.165) is 6.26 Å². The van der Waals surface area contributed by atoms with E-state index in [1.165, 1.54) is 6.07 Å². The normalized spacial score (nSPS) is 10.9. The summed E-state index contributed by atoms with van der Waals surface area (Å²) in [6, 6.07) is 11.4. The van der Waals surface area contributed by atoms with Gasteiger partial charge in [-0.2, -0.15) is 0 Å². The number of amides is 1. The molecule has 0 aliphatic rings. The molecular weight excluding hydrogens is 356 g/mol. The lowest BCUT2D eigenvalue weighted by Gasteiger charge is -2.13. The Morgan fingerprint density at radius 1 is 0.962 bits per heavy atom. The van der Waals surface area contributed by atoms with Gasteiger partial charge in [-0.15, -0.1) is 0 Å². The number of ether oxygens (including phenoxy) is 2. The second-order valence-electron chi connectivity index (χ2n) is 5.44. The highest BCUT2D eigenvalue weighted by atomic mass is 32.2. The molecule has 26 heavy (non-hydrogen) atoms. The van der Waals surface area contributed by atoms with E-state index in [4.69, 9.17) is 9.47 Å². The molecule has 0 heterocycles. The van der Waals surface area contributed by atoms with E-state index in [2.05, 4.69) is 10.0 Å². The number of sulfonamides is 1. The van der Waals surface area contributed by atoms with Gasteiger partial charge in [-0.05, 0) is 44.2 Å². The molecular formula is C18H22N2O5S. The monoisotopic (exact) mass is 378 g/mol. The summed E-state index contributed by atoms with van der Waals surface area (Å²) in [7, 11) is -3.41. The van der Waals surface area contributed by atoms with Crippen LogP contribution in [-0.4, -0.2) is 33.8 Å². The van der Waals surface area contributed by atoms with Crippen LogP contribution in [0.2, 0.25) is 0 Å². The molecule has 1 amide bonds. The van der Waals surface area contributed by atoms with Gasteiger partial charge in [0.15, 0.2) is 11.5 Å². The summed E-state index contributed by atoms with van der Waals surface area (Å²) in [4.78, 5) is 12.5. The highest BCUT2D eigenvalue weighted by Crippen LogP contribution is 2.30. The summed E-state index contributed by atoms with van der Waals surface area (Å²) < 4.78 is 36.0. The number of rotatable bonds is 8. The van der Waals surface area contributed by atoms with Crippen LogP contribution in [0.25, 0.3) is 0 Å². The molecule has 0 unspecified atom stereocenters. The predicted molar refractivity (Wildman–Crippen MR) is 102 cm³/mol. The van der Waals surface area contributed by atoms with E-state index in [-0.39, 0.29) is 5.91 Å². The van der Waals surface area contributed by atoms with Crippen LogP contribution < -0.4 is 19.5 Å². The van der Waals surface area contributed by atoms with Gasteiger partial charge < -0.3 is 14.8 Å². The molecule has 0 saturated carbocycles. The van der Waals surface area contributed by atoms with Gasteiger partial charge in [0, 0.05) is 23.0 Å². The molecule has 0 spiro atoms. The van der Waals surface area contributed by atoms with Gasteiger partial charge in [0.2, 0.25) is 10.0 Å². The topological polar surface area (TPSA) is 93.7 Å². The van der Waals surface area contributed by atoms with Gasteiger partial charge in [-0.3, -0.25) is 9.52 Å². The summed E-state index contributed by atoms with van der Waals surface area (Å²) in [6.07, 6.45) is 1.05. The number of nitrogens with one attached hydrogen (secondary N) is 2. The van der Waals surface area contributed by atoms with E-state index in [1.54, 1.807) is 36.4 Å². The van der Waals surface area contributed by atoms with Crippen LogP contribution in [0, 0.1) is 0 Å². The first-order valence-electron chi connectivity index (χ1n) is 8.11. The lowest BCUT2D eigenvalue weighted by Crippen LogP contribution is -2.14. The van der Waals surface area contributed by atoms with Crippen molar-refractivity contribution in [3.8, 4) is 11.5 Å². The standard InChI is InChI=1S/C18H22N2O5S/c1-4-24-16-10-9-14(12-17(16)25-5-2)19-18(21)13-7-6-8-15(11-13)20-26(3,22)23/h6-12,20H,4-5H2,1-3H3,(H,19,21). The van der Waals surface area contributed by atoms with E-state index in [9.17, 15) is 13.2 Å². The zero-order valence-electron chi connectivity index (χ0n) is 14.9. The van der Waals surface area contributed by atoms with E-state index >= 15 is 0 Å². The first-order chi connectivity index (χ1) is 12.3. The minimum absolute atomic E-state index is 0.321. The van der Waals surface area contributed by atoms with Crippen LogP contribution in [-0.2, 0) is 10.0 Å². The molecule has 7 nitrogen and oxygen atoms in total. The van der Waals surface area contributed by atoms with Gasteiger partial charge in [0.05, 0.1) is 19.5 Å². The highest BCUT2D eigenvalue weighted by molar-refractivity contribution is 7.92. The van der Waals surface area contributed by atoms with Crippen molar-refractivity contribution in [2.24, 2.45) is 0 Å². The molecule has 0 bridgehead atoms. The minimum Gasteiger partial charge on any atom is -0.490 e. The molecule has 0 aliphatic heterocycles. The quantitative estimate of drug-likeness (QED) is 0.736. The SMILES string of the molecule is CCOc1ccc(NC(=O)c2cccc(NS(C)(=O)=O)c2)cc1OCC. The largest absolute Gasteiger partial charge is 0.490 e. The maximum absolute atomic E-state index is 12.5. The Labute approximate surface area is 153 Å². The molecule has 2 N–H and O–H groups in total. The van der Waals surface area contributed by atoms with Crippen molar-refractivity contribution in [1.82, 2.24) is 0 Å². The lowest BCUT2D eigenvalue weighted by atomic mass is 10.2. The van der Waals surface area contributed by atoms with Crippen LogP contribution in [0.1, 0.15) is 24.2 Å². The number of carbonyl (C=O) groups is 1. The van der Waals surface area contributed by atoms with Crippen molar-refractivity contribution in [2.75, 3.05) is 29.5 Å². The van der Waals surface area contributed by atoms with Gasteiger partial charge in [-0.25, -0.2) is 8.42 Å². The summed E-state index contributed by atoms with van der Waals surface area (Å²) in [5.74, 6) is 0.778. The third-order valence-corrected chi connectivity index (χ3v) is 3.84. The average Bonchev–Trinajstić information content (AvgIpc) is 2.56. The molecule has 2 aromatic carbocycles. The molecule has 0 aliphatic carbocycles. The molecule has 2 rings (SSSR count). The van der Waals surface area contributed by atoms with Crippen LogP contribution in [0.4, 0.5) is 11.4 Å². The summed E-state index contributed by atoms with van der Waals surface area (Å²) in [6.45, 7) is 4.72. The molecule has 140 valence electrons. The molecule has 0 radical (unpaired) electrons. The second-order valence-corrected chi connectivity index (χ2v) is 7.19. The van der Waals surface area contributed by atoms with Crippen molar-refractivity contribution in [2.45, 2.75) is 13.8 Å². The maximum atomic E-state index is 12.5. The van der Waals surface area contributed by atoms with E-state index in [0.29, 0.717) is 41.7 Å². The zero-order valence-corrected chi connectivity index (χ0v) is 15.7. The third kappa shape index (κ3) is 5.66. The Hall–Kier alpha value is -2.74. The molecule has 0 saturated heterocycles. The second kappa shape index (κ2) is 8.57. The number of hydrogen-bond acceptors (Lipinski definition) is 5. The lowest BCUT2D eigenvalue weighted by molar-refractivity contribution is 0.102. The number of hydrogen-bond donors (Lipinski definition) is 2. The maximum Gasteiger partial charge on any atom is 0.255 e. The van der Waals surface area contributed by atoms with E-state index < -0.39 is 10.0 Å². The van der Waals surface area contributed by atoms with Gasteiger partial charge in [0.25, 0.3) is 5.91 Å². The van der Waals surface area contributed by atoms with Crippen molar-refractivity contribution >= 4 is 27.3 Å². The Balaban J connectivity index is 2.19. The Kier molecular flexibility index (Phi) is 6.46. The zero-order chi connectivity index (χ0) is 19.2. The fourth-order valence-corrected chi connectivity index (χ4v) is 2.83. The van der Waals surface area contributed by atoms with Crippen LogP contribution in [0.15, 0.2) is 42.5 Å². The Bertz CT molecular complexity index is 881. The first-order valence-corrected chi connectivity index (χ1v) is 10.0. The summed E-state index contributed by atoms with van der Waals surface area (Å²) >= 11 is 0. The van der Waals surface area contributed by atoms with Crippen LogP contribution >= 0.6 is 0 Å². The van der Waals surface area contributed by atoms with Crippen molar-refractivity contribution in [3.63, 3.8) is 0 Å². The third-order valence-electron chi connectivity index (χ3n) is 3.23.